The Morgan fingerprint density at radius 1 is 1.13 bits per heavy atom. The van der Waals surface area contributed by atoms with Crippen LogP contribution >= 0.6 is 24.8 Å². The lowest BCUT2D eigenvalue weighted by Gasteiger charge is -1.96. The highest BCUT2D eigenvalue weighted by Crippen LogP contribution is 1.92. The molecule has 0 spiro atoms. The number of nitrogens with zero attached hydrogens (tertiary/aromatic N) is 2. The lowest BCUT2D eigenvalue weighted by atomic mass is 10.3. The lowest BCUT2D eigenvalue weighted by molar-refractivity contribution is 0.631. The first kappa shape index (κ1) is 24.1. The predicted molar refractivity (Wildman–Crippen MR) is 71.9 cm³/mol. The third kappa shape index (κ3) is 16.4. The van der Waals surface area contributed by atoms with E-state index in [1.165, 1.54) is 26.9 Å². The van der Waals surface area contributed by atoms with Gasteiger partial charge in [0.2, 0.25) is 0 Å². The fraction of sp³-hybridized carbons (Fsp3) is 0.667. The first-order valence-corrected chi connectivity index (χ1v) is 4.54. The number of rotatable bonds is 3. The third-order valence-electron chi connectivity index (χ3n) is 1.33. The molecule has 4 nitrogen and oxygen atoms in total. The van der Waals surface area contributed by atoms with Gasteiger partial charge in [-0.1, -0.05) is 13.3 Å². The Bertz CT molecular complexity index is 157. The summed E-state index contributed by atoms with van der Waals surface area (Å²) in [4.78, 5) is 3.94. The molecule has 0 amide bonds. The van der Waals surface area contributed by atoms with Crippen molar-refractivity contribution in [3.05, 3.63) is 18.7 Å². The summed E-state index contributed by atoms with van der Waals surface area (Å²) in [6.07, 6.45) is 8.16. The minimum Gasteiger partial charge on any atom is -0.337 e. The molecule has 0 unspecified atom stereocenters. The van der Waals surface area contributed by atoms with E-state index in [1.54, 1.807) is 0 Å². The molecule has 94 valence electrons. The molecule has 1 aromatic heterocycles. The number of aryl methyl sites for hydroxylation is 1. The number of aromatic nitrogens is 2. The van der Waals surface area contributed by atoms with Crippen molar-refractivity contribution in [2.45, 2.75) is 26.3 Å². The van der Waals surface area contributed by atoms with Crippen LogP contribution in [0.5, 0.6) is 0 Å². The Morgan fingerprint density at radius 2 is 1.67 bits per heavy atom. The van der Waals surface area contributed by atoms with Crippen molar-refractivity contribution in [1.29, 1.82) is 0 Å². The van der Waals surface area contributed by atoms with Gasteiger partial charge in [-0.25, -0.2) is 4.98 Å². The summed E-state index contributed by atoms with van der Waals surface area (Å²) < 4.78 is 2.10. The second-order valence-corrected chi connectivity index (χ2v) is 2.15. The average Bonchev–Trinajstić information content (AvgIpc) is 2.73. The monoisotopic (exact) mass is 258 g/mol. The van der Waals surface area contributed by atoms with Gasteiger partial charge in [-0.05, 0) is 20.5 Å². The second-order valence-electron chi connectivity index (χ2n) is 2.15. The zero-order valence-electron chi connectivity index (χ0n) is 9.72. The molecule has 0 bridgehead atoms. The van der Waals surface area contributed by atoms with Gasteiger partial charge < -0.3 is 16.0 Å². The van der Waals surface area contributed by atoms with Crippen molar-refractivity contribution in [1.82, 2.24) is 9.55 Å². The van der Waals surface area contributed by atoms with E-state index in [9.17, 15) is 0 Å². The average molecular weight is 259 g/mol. The first-order chi connectivity index (χ1) is 6.43. The zero-order valence-corrected chi connectivity index (χ0v) is 11.4. The second kappa shape index (κ2) is 23.5. The van der Waals surface area contributed by atoms with E-state index in [0.29, 0.717) is 0 Å². The van der Waals surface area contributed by atoms with Crippen LogP contribution < -0.4 is 11.5 Å². The molecule has 0 aromatic carbocycles. The van der Waals surface area contributed by atoms with E-state index in [2.05, 4.69) is 27.9 Å². The van der Waals surface area contributed by atoms with Gasteiger partial charge in [-0.2, -0.15) is 0 Å². The molecule has 4 N–H and O–H groups in total. The quantitative estimate of drug-likeness (QED) is 0.867. The zero-order chi connectivity index (χ0) is 10.5. The Labute approximate surface area is 105 Å². The summed E-state index contributed by atoms with van der Waals surface area (Å²) in [5.74, 6) is 0. The summed E-state index contributed by atoms with van der Waals surface area (Å²) in [7, 11) is 3.00. The fourth-order valence-corrected chi connectivity index (χ4v) is 0.760. The van der Waals surface area contributed by atoms with Crippen LogP contribution in [0.4, 0.5) is 0 Å². The number of nitrogens with two attached hydrogens (primary N) is 2. The highest BCUT2D eigenvalue weighted by atomic mass is 35.5. The summed E-state index contributed by atoms with van der Waals surface area (Å²) in [5, 5.41) is 0. The van der Waals surface area contributed by atoms with Crippen LogP contribution in [0, 0.1) is 0 Å². The van der Waals surface area contributed by atoms with Gasteiger partial charge in [0.1, 0.15) is 0 Å². The van der Waals surface area contributed by atoms with Crippen LogP contribution in [0.1, 0.15) is 19.8 Å². The number of hydrogen-bond donors (Lipinski definition) is 2. The summed E-state index contributed by atoms with van der Waals surface area (Å²) in [5.41, 5.74) is 9.00. The van der Waals surface area contributed by atoms with E-state index in [-0.39, 0.29) is 24.8 Å². The minimum absolute atomic E-state index is 0. The lowest BCUT2D eigenvalue weighted by Crippen LogP contribution is -1.92. The van der Waals surface area contributed by atoms with Gasteiger partial charge in [0.25, 0.3) is 0 Å². The Balaban J connectivity index is -0.0000000910. The number of unbranched alkanes of at least 4 members (excludes halogenated alkanes) is 1. The minimum atomic E-state index is 0. The maximum Gasteiger partial charge on any atom is 0.0945 e. The maximum atomic E-state index is 4.50. The smallest absolute Gasteiger partial charge is 0.0945 e. The molecule has 15 heavy (non-hydrogen) atoms. The first-order valence-electron chi connectivity index (χ1n) is 4.54. The van der Waals surface area contributed by atoms with Crippen molar-refractivity contribution in [2.24, 2.45) is 11.5 Å². The molecule has 0 saturated carbocycles. The molecule has 6 heteroatoms. The molecule has 0 atom stereocenters. The normalized spacial score (nSPS) is 6.73. The van der Waals surface area contributed by atoms with Crippen LogP contribution in [0.3, 0.4) is 0 Å². The van der Waals surface area contributed by atoms with E-state index >= 15 is 0 Å². The van der Waals surface area contributed by atoms with Crippen LogP contribution in [0.25, 0.3) is 0 Å². The predicted octanol–water partition coefficient (Wildman–Crippen LogP) is 1.68. The van der Waals surface area contributed by atoms with E-state index in [1.807, 2.05) is 18.7 Å². The highest BCUT2D eigenvalue weighted by molar-refractivity contribution is 5.85. The highest BCUT2D eigenvalue weighted by Gasteiger charge is 1.85. The van der Waals surface area contributed by atoms with Gasteiger partial charge in [-0.15, -0.1) is 24.8 Å². The van der Waals surface area contributed by atoms with Crippen molar-refractivity contribution in [2.75, 3.05) is 14.1 Å². The number of halogens is 2. The largest absolute Gasteiger partial charge is 0.337 e. The Hall–Kier alpha value is -0.290. The van der Waals surface area contributed by atoms with Crippen molar-refractivity contribution < 1.29 is 0 Å². The molecule has 1 rings (SSSR count). The molecule has 0 aliphatic rings. The van der Waals surface area contributed by atoms with Gasteiger partial charge >= 0.3 is 0 Å². The van der Waals surface area contributed by atoms with Crippen LogP contribution in [0.15, 0.2) is 18.7 Å². The van der Waals surface area contributed by atoms with Crippen LogP contribution in [-0.2, 0) is 6.54 Å². The molecule has 0 fully saturated rings. The topological polar surface area (TPSA) is 69.9 Å². The molecule has 1 heterocycles. The van der Waals surface area contributed by atoms with Crippen molar-refractivity contribution in [3.8, 4) is 0 Å². The van der Waals surface area contributed by atoms with Crippen LogP contribution in [0.2, 0.25) is 0 Å². The van der Waals surface area contributed by atoms with Gasteiger partial charge in [-0.3, -0.25) is 0 Å². The van der Waals surface area contributed by atoms with Crippen molar-refractivity contribution in [3.63, 3.8) is 0 Å². The summed E-state index contributed by atoms with van der Waals surface area (Å²) in [6, 6.07) is 0. The molecule has 0 aliphatic carbocycles. The van der Waals surface area contributed by atoms with Crippen LogP contribution in [-0.4, -0.2) is 23.6 Å². The molecule has 1 aromatic rings. The van der Waals surface area contributed by atoms with E-state index in [0.717, 1.165) is 6.54 Å². The van der Waals surface area contributed by atoms with Gasteiger partial charge in [0.15, 0.2) is 0 Å². The Kier molecular flexibility index (Phi) is 37.7. The van der Waals surface area contributed by atoms with E-state index < -0.39 is 0 Å². The number of imidazole rings is 1. The molecule has 0 aliphatic heterocycles. The standard InChI is InChI=1S/C7H12N2.2CH5N.2ClH/c1-2-3-5-9-6-4-8-7-9;2*1-2;;/h4,6-7H,2-3,5H2,1H3;2*2H2,1H3;2*1H. The maximum absolute atomic E-state index is 4.50. The van der Waals surface area contributed by atoms with Crippen molar-refractivity contribution >= 4 is 24.8 Å². The summed E-state index contributed by atoms with van der Waals surface area (Å²) in [6.45, 7) is 3.30. The Morgan fingerprint density at radius 3 is 2.00 bits per heavy atom. The molecular formula is C9H24Cl2N4. The molecular weight excluding hydrogens is 235 g/mol. The van der Waals surface area contributed by atoms with Gasteiger partial charge in [0.05, 0.1) is 6.33 Å². The summed E-state index contributed by atoms with van der Waals surface area (Å²) >= 11 is 0. The molecule has 0 saturated heterocycles. The van der Waals surface area contributed by atoms with Gasteiger partial charge in [0, 0.05) is 18.9 Å². The fourth-order valence-electron chi connectivity index (χ4n) is 0.760. The SMILES string of the molecule is CCCCn1ccnc1.CN.CN.Cl.Cl. The van der Waals surface area contributed by atoms with E-state index in [4.69, 9.17) is 0 Å². The third-order valence-corrected chi connectivity index (χ3v) is 1.33. The molecule has 0 radical (unpaired) electrons. The number of hydrogen-bond acceptors (Lipinski definition) is 3.